The van der Waals surface area contributed by atoms with Gasteiger partial charge in [0.2, 0.25) is 5.91 Å². The van der Waals surface area contributed by atoms with Crippen LogP contribution in [0.15, 0.2) is 18.2 Å². The van der Waals surface area contributed by atoms with Crippen molar-refractivity contribution < 1.29 is 9.59 Å². The number of amides is 2. The Labute approximate surface area is 118 Å². The van der Waals surface area contributed by atoms with Gasteiger partial charge in [0, 0.05) is 24.3 Å². The summed E-state index contributed by atoms with van der Waals surface area (Å²) in [7, 11) is 0. The Bertz CT molecular complexity index is 584. The molecule has 3 aliphatic rings. The van der Waals surface area contributed by atoms with Crippen molar-refractivity contribution in [1.82, 2.24) is 4.90 Å². The van der Waals surface area contributed by atoms with Gasteiger partial charge >= 0.3 is 0 Å². The highest BCUT2D eigenvalue weighted by molar-refractivity contribution is 6.02. The third-order valence-corrected chi connectivity index (χ3v) is 5.00. The van der Waals surface area contributed by atoms with Gasteiger partial charge in [-0.2, -0.15) is 0 Å². The third-order valence-electron chi connectivity index (χ3n) is 5.00. The van der Waals surface area contributed by atoms with Crippen molar-refractivity contribution in [3.63, 3.8) is 0 Å². The molecule has 2 unspecified atom stereocenters. The van der Waals surface area contributed by atoms with E-state index >= 15 is 0 Å². The highest BCUT2D eigenvalue weighted by Crippen LogP contribution is 2.38. The first kappa shape index (κ1) is 11.9. The van der Waals surface area contributed by atoms with E-state index in [4.69, 9.17) is 0 Å². The summed E-state index contributed by atoms with van der Waals surface area (Å²) < 4.78 is 0. The van der Waals surface area contributed by atoms with Crippen molar-refractivity contribution in [2.24, 2.45) is 11.8 Å². The Morgan fingerprint density at radius 3 is 2.70 bits per heavy atom. The number of carbonyl (C=O) groups is 2. The molecule has 2 atom stereocenters. The topological polar surface area (TPSA) is 49.4 Å². The molecular weight excluding hydrogens is 252 g/mol. The lowest BCUT2D eigenvalue weighted by molar-refractivity contribution is -0.115. The van der Waals surface area contributed by atoms with Crippen LogP contribution in [0.1, 0.15) is 35.2 Å². The predicted molar refractivity (Wildman–Crippen MR) is 75.5 cm³/mol. The number of hydrogen-bond donors (Lipinski definition) is 1. The quantitative estimate of drug-likeness (QED) is 0.849. The van der Waals surface area contributed by atoms with Gasteiger partial charge in [-0.1, -0.05) is 12.5 Å². The Balaban J connectivity index is 1.55. The van der Waals surface area contributed by atoms with Crippen molar-refractivity contribution in [1.29, 1.82) is 0 Å². The Morgan fingerprint density at radius 1 is 1.20 bits per heavy atom. The lowest BCUT2D eigenvalue weighted by atomic mass is 10.0. The molecule has 0 bridgehead atoms. The molecule has 2 fully saturated rings. The molecule has 2 aliphatic heterocycles. The zero-order valence-corrected chi connectivity index (χ0v) is 11.4. The molecule has 0 spiro atoms. The molecule has 20 heavy (non-hydrogen) atoms. The van der Waals surface area contributed by atoms with E-state index in [1.54, 1.807) is 0 Å². The van der Waals surface area contributed by atoms with Crippen molar-refractivity contribution in [3.05, 3.63) is 29.3 Å². The van der Waals surface area contributed by atoms with Gasteiger partial charge in [0.15, 0.2) is 0 Å². The summed E-state index contributed by atoms with van der Waals surface area (Å²) in [5.74, 6) is 1.56. The number of carbonyl (C=O) groups excluding carboxylic acids is 2. The van der Waals surface area contributed by atoms with Crippen molar-refractivity contribution in [3.8, 4) is 0 Å². The average molecular weight is 270 g/mol. The fourth-order valence-corrected chi connectivity index (χ4v) is 3.93. The normalized spacial score (nSPS) is 27.4. The fraction of sp³-hybridized carbons (Fsp3) is 0.500. The second-order valence-corrected chi connectivity index (χ2v) is 6.26. The minimum atomic E-state index is 0.0142. The zero-order valence-electron chi connectivity index (χ0n) is 11.4. The van der Waals surface area contributed by atoms with Gasteiger partial charge in [-0.25, -0.2) is 0 Å². The molecule has 4 nitrogen and oxygen atoms in total. The summed E-state index contributed by atoms with van der Waals surface area (Å²) in [6.07, 6.45) is 4.29. The van der Waals surface area contributed by atoms with Crippen molar-refractivity contribution in [2.45, 2.75) is 25.7 Å². The zero-order chi connectivity index (χ0) is 13.7. The van der Waals surface area contributed by atoms with Crippen LogP contribution in [0.3, 0.4) is 0 Å². The Kier molecular flexibility index (Phi) is 2.59. The molecule has 4 rings (SSSR count). The van der Waals surface area contributed by atoms with Crippen LogP contribution in [0.25, 0.3) is 0 Å². The first-order chi connectivity index (χ1) is 9.70. The second-order valence-electron chi connectivity index (χ2n) is 6.26. The average Bonchev–Trinajstić information content (AvgIpc) is 3.08. The van der Waals surface area contributed by atoms with E-state index in [1.807, 2.05) is 23.1 Å². The maximum absolute atomic E-state index is 12.6. The van der Waals surface area contributed by atoms with Crippen LogP contribution in [0, 0.1) is 11.8 Å². The molecule has 104 valence electrons. The smallest absolute Gasteiger partial charge is 0.253 e. The molecule has 1 aromatic rings. The summed E-state index contributed by atoms with van der Waals surface area (Å²) in [6.45, 7) is 1.82. The van der Waals surface area contributed by atoms with Crippen LogP contribution in [0.5, 0.6) is 0 Å². The van der Waals surface area contributed by atoms with Crippen molar-refractivity contribution in [2.75, 3.05) is 18.4 Å². The molecule has 2 amide bonds. The third kappa shape index (κ3) is 1.82. The summed E-state index contributed by atoms with van der Waals surface area (Å²) in [5.41, 5.74) is 2.50. The van der Waals surface area contributed by atoms with E-state index in [9.17, 15) is 9.59 Å². The van der Waals surface area contributed by atoms with Crippen LogP contribution in [0.4, 0.5) is 5.69 Å². The number of likely N-dealkylation sites (tertiary alicyclic amines) is 1. The summed E-state index contributed by atoms with van der Waals surface area (Å²) in [4.78, 5) is 25.9. The van der Waals surface area contributed by atoms with Gasteiger partial charge in [-0.15, -0.1) is 0 Å². The van der Waals surface area contributed by atoms with Crippen LogP contribution < -0.4 is 5.32 Å². The first-order valence-corrected chi connectivity index (χ1v) is 7.43. The van der Waals surface area contributed by atoms with E-state index in [0.29, 0.717) is 23.8 Å². The van der Waals surface area contributed by atoms with E-state index in [0.717, 1.165) is 24.3 Å². The highest BCUT2D eigenvalue weighted by Gasteiger charge is 2.38. The van der Waals surface area contributed by atoms with Crippen LogP contribution in [-0.2, 0) is 11.2 Å². The van der Waals surface area contributed by atoms with Crippen LogP contribution in [-0.4, -0.2) is 29.8 Å². The number of fused-ring (bicyclic) bond motifs is 2. The molecule has 0 radical (unpaired) electrons. The number of rotatable bonds is 1. The molecule has 1 saturated carbocycles. The van der Waals surface area contributed by atoms with E-state index < -0.39 is 0 Å². The Hall–Kier alpha value is -1.84. The molecule has 2 heterocycles. The number of hydrogen-bond acceptors (Lipinski definition) is 2. The molecular formula is C16H18N2O2. The Morgan fingerprint density at radius 2 is 1.95 bits per heavy atom. The largest absolute Gasteiger partial charge is 0.338 e. The monoisotopic (exact) mass is 270 g/mol. The van der Waals surface area contributed by atoms with Gasteiger partial charge < -0.3 is 10.2 Å². The molecule has 1 N–H and O–H groups in total. The molecule has 1 aromatic carbocycles. The predicted octanol–water partition coefficient (Wildman–Crippen LogP) is 2.05. The molecule has 4 heteroatoms. The minimum absolute atomic E-state index is 0.0142. The minimum Gasteiger partial charge on any atom is -0.338 e. The van der Waals surface area contributed by atoms with Crippen LogP contribution in [0.2, 0.25) is 0 Å². The molecule has 0 aromatic heterocycles. The number of nitrogens with zero attached hydrogens (tertiary/aromatic N) is 1. The number of anilines is 1. The van der Waals surface area contributed by atoms with Crippen LogP contribution >= 0.6 is 0 Å². The van der Waals surface area contributed by atoms with Gasteiger partial charge in [0.25, 0.3) is 5.91 Å². The van der Waals surface area contributed by atoms with Gasteiger partial charge in [-0.3, -0.25) is 9.59 Å². The summed E-state index contributed by atoms with van der Waals surface area (Å²) >= 11 is 0. The SMILES string of the molecule is O=C1Cc2ccc(C(=O)N3CC4CCCC4C3)cc2N1. The summed E-state index contributed by atoms with van der Waals surface area (Å²) in [6, 6.07) is 5.59. The fourth-order valence-electron chi connectivity index (χ4n) is 3.93. The maximum atomic E-state index is 12.6. The van der Waals surface area contributed by atoms with E-state index in [1.165, 1.54) is 19.3 Å². The number of benzene rings is 1. The standard InChI is InChI=1S/C16H18N2O2/c19-15-7-10-4-5-11(6-14(10)17-15)16(20)18-8-12-2-1-3-13(12)9-18/h4-6,12-13H,1-3,7-9H2,(H,17,19). The van der Waals surface area contributed by atoms with E-state index in [-0.39, 0.29) is 11.8 Å². The number of nitrogens with one attached hydrogen (secondary N) is 1. The first-order valence-electron chi connectivity index (χ1n) is 7.43. The molecule has 1 saturated heterocycles. The highest BCUT2D eigenvalue weighted by atomic mass is 16.2. The maximum Gasteiger partial charge on any atom is 0.253 e. The van der Waals surface area contributed by atoms with Crippen molar-refractivity contribution >= 4 is 17.5 Å². The lowest BCUT2D eigenvalue weighted by Crippen LogP contribution is -2.29. The van der Waals surface area contributed by atoms with Gasteiger partial charge in [0.05, 0.1) is 6.42 Å². The van der Waals surface area contributed by atoms with Gasteiger partial charge in [-0.05, 0) is 42.4 Å². The second kappa shape index (κ2) is 4.33. The summed E-state index contributed by atoms with van der Waals surface area (Å²) in [5, 5.41) is 2.81. The lowest BCUT2D eigenvalue weighted by Gasteiger charge is -2.17. The van der Waals surface area contributed by atoms with Gasteiger partial charge in [0.1, 0.15) is 0 Å². The van der Waals surface area contributed by atoms with E-state index in [2.05, 4.69) is 5.32 Å². The molecule has 1 aliphatic carbocycles.